The number of aromatic nitrogens is 5. The fourth-order valence-corrected chi connectivity index (χ4v) is 15.3. The summed E-state index contributed by atoms with van der Waals surface area (Å²) >= 11 is 0. The van der Waals surface area contributed by atoms with E-state index in [4.69, 9.17) is 19.7 Å². The number of rotatable bonds is 22. The first-order chi connectivity index (χ1) is 53.4. The van der Waals surface area contributed by atoms with Gasteiger partial charge in [-0.15, -0.1) is 0 Å². The van der Waals surface area contributed by atoms with Gasteiger partial charge in [-0.3, -0.25) is 9.97 Å². The van der Waals surface area contributed by atoms with Crippen LogP contribution in [-0.4, -0.2) is 24.9 Å². The molecular weight excluding hydrogens is 1320 g/mol. The molecule has 0 saturated carbocycles. The van der Waals surface area contributed by atoms with Crippen LogP contribution < -0.4 is 4.74 Å². The van der Waals surface area contributed by atoms with E-state index in [1.165, 1.54) is 55.6 Å². The molecule has 4 heterocycles. The first kappa shape index (κ1) is 70.3. The Morgan fingerprint density at radius 3 is 1.00 bits per heavy atom. The van der Waals surface area contributed by atoms with E-state index in [1.807, 2.05) is 54.9 Å². The lowest BCUT2D eigenvalue weighted by molar-refractivity contribution is 0.445. The Morgan fingerprint density at radius 1 is 0.211 bits per heavy atom. The van der Waals surface area contributed by atoms with Crippen LogP contribution in [0, 0.1) is 17.8 Å². The number of hydrogen-bond donors (Lipinski definition) is 0. The molecular formula is C103H85N5O. The van der Waals surface area contributed by atoms with Crippen LogP contribution in [0.5, 0.6) is 11.8 Å². The van der Waals surface area contributed by atoms with Crippen molar-refractivity contribution in [1.82, 2.24) is 24.9 Å². The summed E-state index contributed by atoms with van der Waals surface area (Å²) in [7, 11) is 0. The summed E-state index contributed by atoms with van der Waals surface area (Å²) in [5, 5.41) is 0. The molecule has 12 aromatic carbocycles. The van der Waals surface area contributed by atoms with Gasteiger partial charge in [-0.25, -0.2) is 9.97 Å². The van der Waals surface area contributed by atoms with Crippen LogP contribution in [0.4, 0.5) is 0 Å². The quantitative estimate of drug-likeness (QED) is 0.0673. The van der Waals surface area contributed by atoms with E-state index >= 15 is 0 Å². The monoisotopic (exact) mass is 1410 g/mol. The lowest BCUT2D eigenvalue weighted by Crippen LogP contribution is -2.02. The molecule has 0 N–H and O–H groups in total. The van der Waals surface area contributed by atoms with Crippen LogP contribution in [0.15, 0.2) is 352 Å². The normalized spacial score (nSPS) is 11.4. The number of nitrogens with zero attached hydrogens (tertiary/aromatic N) is 5. The molecule has 0 amide bonds. The fourth-order valence-electron chi connectivity index (χ4n) is 15.3. The van der Waals surface area contributed by atoms with Gasteiger partial charge in [-0.2, -0.15) is 4.98 Å². The van der Waals surface area contributed by atoms with Gasteiger partial charge in [0.1, 0.15) is 0 Å². The summed E-state index contributed by atoms with van der Waals surface area (Å²) < 4.78 is 6.51. The average Bonchev–Trinajstić information content (AvgIpc) is 0.769. The van der Waals surface area contributed by atoms with Crippen molar-refractivity contribution in [1.29, 1.82) is 0 Å². The summed E-state index contributed by atoms with van der Waals surface area (Å²) in [5.41, 5.74) is 34.3. The third kappa shape index (κ3) is 15.9. The van der Waals surface area contributed by atoms with Gasteiger partial charge in [0, 0.05) is 53.0 Å². The highest BCUT2D eigenvalue weighted by molar-refractivity contribution is 5.95. The molecule has 528 valence electrons. The minimum atomic E-state index is 0.400. The van der Waals surface area contributed by atoms with Gasteiger partial charge >= 0.3 is 0 Å². The second kappa shape index (κ2) is 32.0. The Hall–Kier alpha value is -13.0. The maximum atomic E-state index is 6.51. The van der Waals surface area contributed by atoms with Crippen molar-refractivity contribution >= 4 is 0 Å². The zero-order valence-corrected chi connectivity index (χ0v) is 62.5. The van der Waals surface area contributed by atoms with E-state index < -0.39 is 0 Å². The van der Waals surface area contributed by atoms with Crippen molar-refractivity contribution < 1.29 is 4.74 Å². The second-order valence-electron chi connectivity index (χ2n) is 29.6. The molecule has 109 heavy (non-hydrogen) atoms. The highest BCUT2D eigenvalue weighted by atomic mass is 16.5. The van der Waals surface area contributed by atoms with Crippen molar-refractivity contribution in [3.63, 3.8) is 0 Å². The minimum absolute atomic E-state index is 0.400. The molecule has 0 aliphatic heterocycles. The summed E-state index contributed by atoms with van der Waals surface area (Å²) in [6.07, 6.45) is 8.41. The Kier molecular flexibility index (Phi) is 20.6. The Labute approximate surface area is 641 Å². The van der Waals surface area contributed by atoms with Crippen molar-refractivity contribution in [3.05, 3.63) is 369 Å². The van der Waals surface area contributed by atoms with Gasteiger partial charge in [0.15, 0.2) is 5.82 Å². The van der Waals surface area contributed by atoms with E-state index in [0.717, 1.165) is 131 Å². The summed E-state index contributed by atoms with van der Waals surface area (Å²) in [6, 6.07) is 120. The van der Waals surface area contributed by atoms with E-state index in [9.17, 15) is 0 Å². The number of hydrogen-bond acceptors (Lipinski definition) is 6. The third-order valence-corrected chi connectivity index (χ3v) is 20.4. The molecule has 0 spiro atoms. The van der Waals surface area contributed by atoms with Crippen molar-refractivity contribution in [2.45, 2.75) is 60.8 Å². The van der Waals surface area contributed by atoms with E-state index in [2.05, 4.69) is 337 Å². The smallest absolute Gasteiger partial charge is 0.224 e. The molecule has 4 aromatic heterocycles. The molecule has 6 heteroatoms. The lowest BCUT2D eigenvalue weighted by atomic mass is 9.85. The Bertz CT molecular complexity index is 5730. The molecule has 0 aliphatic carbocycles. The maximum Gasteiger partial charge on any atom is 0.224 e. The summed E-state index contributed by atoms with van der Waals surface area (Å²) in [4.78, 5) is 24.1. The first-order valence-corrected chi connectivity index (χ1v) is 38.1. The van der Waals surface area contributed by atoms with E-state index in [-0.39, 0.29) is 0 Å². The predicted molar refractivity (Wildman–Crippen MR) is 454 cm³/mol. The van der Waals surface area contributed by atoms with Gasteiger partial charge < -0.3 is 4.74 Å². The van der Waals surface area contributed by atoms with Crippen LogP contribution in [0.1, 0.15) is 58.2 Å². The van der Waals surface area contributed by atoms with Crippen molar-refractivity contribution in [3.8, 4) is 168 Å². The highest BCUT2D eigenvalue weighted by Gasteiger charge is 2.21. The molecule has 0 bridgehead atoms. The molecule has 0 unspecified atom stereocenters. The topological polar surface area (TPSA) is 73.7 Å². The second-order valence-corrected chi connectivity index (χ2v) is 29.6. The minimum Gasteiger partial charge on any atom is -0.421 e. The molecule has 16 rings (SSSR count). The number of pyridine rings is 3. The third-order valence-electron chi connectivity index (χ3n) is 20.4. The van der Waals surface area contributed by atoms with Crippen molar-refractivity contribution in [2.75, 3.05) is 0 Å². The van der Waals surface area contributed by atoms with Crippen LogP contribution >= 0.6 is 0 Å². The molecule has 6 nitrogen and oxygen atoms in total. The molecule has 16 aromatic rings. The molecule has 0 fully saturated rings. The summed E-state index contributed by atoms with van der Waals surface area (Å²) in [5.74, 6) is 2.89. The number of benzene rings is 12. The van der Waals surface area contributed by atoms with Crippen LogP contribution in [-0.2, 0) is 19.3 Å². The molecule has 0 atom stereocenters. The summed E-state index contributed by atoms with van der Waals surface area (Å²) in [6.45, 7) is 13.9. The van der Waals surface area contributed by atoms with E-state index in [1.54, 1.807) is 12.3 Å². The van der Waals surface area contributed by atoms with Crippen LogP contribution in [0.3, 0.4) is 0 Å². The molecule has 0 radical (unpaired) electrons. The largest absolute Gasteiger partial charge is 0.421 e. The SMILES string of the molecule is CC(C)Cc1cc(-c2cccc(-c3cccc(Oc4ccnc(-c5ccc(-c6ccccc6-c6cc(-c7ccccc7-c7ccc(-c8ccccn8)cc7)cc(-c7ccccc7-c7ccc(-c8ccccn8)cc7)c6)cc5)n4)n3)c2)ccc1-c1ccc(-c2ccc(-c3ccccc3)c(CC(C)C)c2)c(CC(C)C)c1. The Balaban J connectivity index is 0.665. The van der Waals surface area contributed by atoms with Crippen molar-refractivity contribution in [2.24, 2.45) is 17.8 Å². The predicted octanol–water partition coefficient (Wildman–Crippen LogP) is 27.4. The zero-order valence-electron chi connectivity index (χ0n) is 62.5. The fraction of sp³-hybridized carbons (Fsp3) is 0.117. The van der Waals surface area contributed by atoms with Gasteiger partial charge in [0.05, 0.1) is 17.1 Å². The van der Waals surface area contributed by atoms with Crippen LogP contribution in [0.2, 0.25) is 0 Å². The van der Waals surface area contributed by atoms with E-state index in [0.29, 0.717) is 35.3 Å². The van der Waals surface area contributed by atoms with Gasteiger partial charge in [-0.1, -0.05) is 308 Å². The average molecular weight is 1410 g/mol. The Morgan fingerprint density at radius 2 is 0.541 bits per heavy atom. The first-order valence-electron chi connectivity index (χ1n) is 38.1. The zero-order chi connectivity index (χ0) is 74.2. The number of ether oxygens (including phenoxy) is 1. The van der Waals surface area contributed by atoms with Gasteiger partial charge in [0.2, 0.25) is 11.8 Å². The molecule has 0 saturated heterocycles. The molecule has 0 aliphatic rings. The van der Waals surface area contributed by atoms with Gasteiger partial charge in [0.25, 0.3) is 0 Å². The van der Waals surface area contributed by atoms with Gasteiger partial charge in [-0.05, 0) is 220 Å². The van der Waals surface area contributed by atoms with Crippen LogP contribution in [0.25, 0.3) is 156 Å². The standard InChI is InChI=1S/C103H85N5O/c1-68(2)58-83-62-79(48-51-90(83)81-50-53-91(85(64-81)60-70(5)6)80-49-52-89(71-22-8-7-9-23-71)84(63-80)59-69(3)4)78-24-20-25-82(61-78)100-34-21-35-101(107-100)109-102-54-57-106-103(108-102)77-46-40-74(41-47-77)94-28-12-15-31-97(94)88-66-86(95-29-13-10-26-92(95)72-36-42-75(43-37-72)98-32-16-18-55-104-98)65-87(67-88)96-30-14-11-27-93(96)73-38-44-76(45-39-73)99-33-17-19-56-105-99/h7-57,61-70H,58-60H2,1-6H3. The maximum absolute atomic E-state index is 6.51. The highest BCUT2D eigenvalue weighted by Crippen LogP contribution is 2.45. The lowest BCUT2D eigenvalue weighted by Gasteiger charge is -2.19.